The summed E-state index contributed by atoms with van der Waals surface area (Å²) in [5.41, 5.74) is -2.70. The smallest absolute Gasteiger partial charge is 0.303 e. The Balaban J connectivity index is 4.60. The van der Waals surface area contributed by atoms with Crippen molar-refractivity contribution >= 4 is 5.97 Å². The molecule has 0 bridgehead atoms. The van der Waals surface area contributed by atoms with Gasteiger partial charge in [-0.05, 0) is 40.2 Å². The Morgan fingerprint density at radius 2 is 1.62 bits per heavy atom. The third-order valence-electron chi connectivity index (χ3n) is 2.87. The van der Waals surface area contributed by atoms with Gasteiger partial charge in [0.1, 0.15) is 5.60 Å². The van der Waals surface area contributed by atoms with Crippen molar-refractivity contribution in [2.45, 2.75) is 64.3 Å². The molecular weight excluding hydrogens is 268 g/mol. The highest BCUT2D eigenvalue weighted by Gasteiger charge is 2.23. The van der Waals surface area contributed by atoms with Gasteiger partial charge in [-0.15, -0.1) is 0 Å². The van der Waals surface area contributed by atoms with E-state index in [1.165, 1.54) is 6.92 Å². The standard InChI is InChI=1S/C17H28O4/c1-7-17(6,21-14(2)18)13-9-12-16(5,20)11-8-10-15(3,4)19/h7-10,12,19-20H,1,11,13H2,2-6H3. The fourth-order valence-corrected chi connectivity index (χ4v) is 1.70. The van der Waals surface area contributed by atoms with Crippen molar-refractivity contribution in [3.63, 3.8) is 0 Å². The molecule has 2 atom stereocenters. The molecule has 0 fully saturated rings. The van der Waals surface area contributed by atoms with E-state index in [0.717, 1.165) is 0 Å². The largest absolute Gasteiger partial charge is 0.455 e. The molecule has 0 amide bonds. The number of ether oxygens (including phenoxy) is 1. The number of hydrogen-bond acceptors (Lipinski definition) is 4. The first-order chi connectivity index (χ1) is 9.39. The minimum absolute atomic E-state index is 0.370. The van der Waals surface area contributed by atoms with Crippen LogP contribution in [0, 0.1) is 0 Å². The molecule has 0 saturated heterocycles. The van der Waals surface area contributed by atoms with Gasteiger partial charge in [0.15, 0.2) is 0 Å². The number of carbonyl (C=O) groups is 1. The van der Waals surface area contributed by atoms with E-state index in [0.29, 0.717) is 12.8 Å². The quantitative estimate of drug-likeness (QED) is 0.534. The van der Waals surface area contributed by atoms with Crippen molar-refractivity contribution in [1.82, 2.24) is 0 Å². The first-order valence-corrected chi connectivity index (χ1v) is 7.02. The molecule has 0 saturated carbocycles. The van der Waals surface area contributed by atoms with Crippen LogP contribution in [0.5, 0.6) is 0 Å². The van der Waals surface area contributed by atoms with E-state index in [-0.39, 0.29) is 5.97 Å². The molecule has 2 unspecified atom stereocenters. The van der Waals surface area contributed by atoms with Crippen molar-refractivity contribution in [3.05, 3.63) is 37.0 Å². The molecule has 0 aliphatic carbocycles. The zero-order valence-corrected chi connectivity index (χ0v) is 13.7. The summed E-state index contributed by atoms with van der Waals surface area (Å²) >= 11 is 0. The number of rotatable bonds is 8. The summed E-state index contributed by atoms with van der Waals surface area (Å²) in [6.07, 6.45) is 9.19. The van der Waals surface area contributed by atoms with E-state index in [4.69, 9.17) is 4.74 Å². The maximum Gasteiger partial charge on any atom is 0.303 e. The van der Waals surface area contributed by atoms with Gasteiger partial charge in [-0.25, -0.2) is 0 Å². The van der Waals surface area contributed by atoms with Crippen LogP contribution in [0.3, 0.4) is 0 Å². The lowest BCUT2D eigenvalue weighted by Gasteiger charge is -2.24. The minimum Gasteiger partial charge on any atom is -0.455 e. The Morgan fingerprint density at radius 1 is 1.10 bits per heavy atom. The van der Waals surface area contributed by atoms with E-state index >= 15 is 0 Å². The summed E-state index contributed by atoms with van der Waals surface area (Å²) in [4.78, 5) is 11.0. The lowest BCUT2D eigenvalue weighted by atomic mass is 9.96. The van der Waals surface area contributed by atoms with Crippen LogP contribution in [0.25, 0.3) is 0 Å². The van der Waals surface area contributed by atoms with Crippen LogP contribution in [0.4, 0.5) is 0 Å². The average molecular weight is 296 g/mol. The number of aliphatic hydroxyl groups is 2. The molecule has 21 heavy (non-hydrogen) atoms. The maximum absolute atomic E-state index is 11.0. The Kier molecular flexibility index (Phi) is 7.07. The molecule has 4 heteroatoms. The molecule has 0 aromatic heterocycles. The molecule has 4 nitrogen and oxygen atoms in total. The zero-order valence-electron chi connectivity index (χ0n) is 13.7. The molecular formula is C17H28O4. The maximum atomic E-state index is 11.0. The van der Waals surface area contributed by atoms with Gasteiger partial charge in [0, 0.05) is 13.3 Å². The van der Waals surface area contributed by atoms with Gasteiger partial charge in [-0.3, -0.25) is 4.79 Å². The summed E-state index contributed by atoms with van der Waals surface area (Å²) in [6, 6.07) is 0. The van der Waals surface area contributed by atoms with Crippen molar-refractivity contribution in [2.75, 3.05) is 0 Å². The predicted octanol–water partition coefficient (Wildman–Crippen LogP) is 2.91. The number of carbonyl (C=O) groups excluding carboxylic acids is 1. The van der Waals surface area contributed by atoms with Crippen molar-refractivity contribution in [2.24, 2.45) is 0 Å². The Hall–Kier alpha value is -1.39. The Labute approximate surface area is 127 Å². The number of esters is 1. The molecule has 0 aromatic rings. The third kappa shape index (κ3) is 10.0. The zero-order chi connectivity index (χ0) is 16.7. The minimum atomic E-state index is -1.03. The second-order valence-electron chi connectivity index (χ2n) is 6.33. The normalized spacial score (nSPS) is 18.4. The highest BCUT2D eigenvalue weighted by atomic mass is 16.6. The van der Waals surface area contributed by atoms with Crippen LogP contribution in [0.2, 0.25) is 0 Å². The van der Waals surface area contributed by atoms with Crippen LogP contribution in [0.1, 0.15) is 47.5 Å². The van der Waals surface area contributed by atoms with Gasteiger partial charge in [-0.2, -0.15) is 0 Å². The predicted molar refractivity (Wildman–Crippen MR) is 84.8 cm³/mol. The van der Waals surface area contributed by atoms with E-state index in [2.05, 4.69) is 6.58 Å². The Morgan fingerprint density at radius 3 is 2.05 bits per heavy atom. The molecule has 2 N–H and O–H groups in total. The molecule has 0 spiro atoms. The van der Waals surface area contributed by atoms with Gasteiger partial charge < -0.3 is 14.9 Å². The van der Waals surface area contributed by atoms with E-state index < -0.39 is 16.8 Å². The number of hydrogen-bond donors (Lipinski definition) is 2. The lowest BCUT2D eigenvalue weighted by molar-refractivity contribution is -0.150. The summed E-state index contributed by atoms with van der Waals surface area (Å²) < 4.78 is 5.19. The first-order valence-electron chi connectivity index (χ1n) is 7.02. The molecule has 0 aromatic carbocycles. The highest BCUT2D eigenvalue weighted by molar-refractivity contribution is 5.66. The van der Waals surface area contributed by atoms with Gasteiger partial charge in [-0.1, -0.05) is 30.9 Å². The van der Waals surface area contributed by atoms with Crippen LogP contribution < -0.4 is 0 Å². The van der Waals surface area contributed by atoms with Crippen LogP contribution >= 0.6 is 0 Å². The fourth-order valence-electron chi connectivity index (χ4n) is 1.70. The van der Waals surface area contributed by atoms with Crippen molar-refractivity contribution in [3.8, 4) is 0 Å². The molecule has 0 rings (SSSR count). The van der Waals surface area contributed by atoms with E-state index in [1.54, 1.807) is 58.1 Å². The second kappa shape index (κ2) is 7.57. The van der Waals surface area contributed by atoms with Crippen LogP contribution in [0.15, 0.2) is 37.0 Å². The highest BCUT2D eigenvalue weighted by Crippen LogP contribution is 2.20. The van der Waals surface area contributed by atoms with Crippen molar-refractivity contribution < 1.29 is 19.7 Å². The molecule has 0 aliphatic heterocycles. The molecule has 120 valence electrons. The lowest BCUT2D eigenvalue weighted by Crippen LogP contribution is -2.28. The first kappa shape index (κ1) is 19.6. The van der Waals surface area contributed by atoms with Crippen LogP contribution in [-0.4, -0.2) is 33.0 Å². The van der Waals surface area contributed by atoms with E-state index in [9.17, 15) is 15.0 Å². The average Bonchev–Trinajstić information content (AvgIpc) is 2.25. The second-order valence-corrected chi connectivity index (χ2v) is 6.33. The van der Waals surface area contributed by atoms with E-state index in [1.807, 2.05) is 0 Å². The third-order valence-corrected chi connectivity index (χ3v) is 2.87. The molecule has 0 heterocycles. The summed E-state index contributed by atoms with van der Waals surface area (Å²) in [5, 5.41) is 19.8. The van der Waals surface area contributed by atoms with Crippen LogP contribution in [-0.2, 0) is 9.53 Å². The van der Waals surface area contributed by atoms with Crippen molar-refractivity contribution in [1.29, 1.82) is 0 Å². The summed E-state index contributed by atoms with van der Waals surface area (Å²) in [5.74, 6) is -0.370. The topological polar surface area (TPSA) is 66.8 Å². The SMILES string of the molecule is C=CC(C)(CC=CC(C)(O)CC=CC(C)(C)O)OC(C)=O. The fraction of sp³-hybridized carbons (Fsp3) is 0.588. The monoisotopic (exact) mass is 296 g/mol. The van der Waals surface area contributed by atoms with Gasteiger partial charge in [0.25, 0.3) is 0 Å². The van der Waals surface area contributed by atoms with Gasteiger partial charge in [0.2, 0.25) is 0 Å². The summed E-state index contributed by atoms with van der Waals surface area (Å²) in [6.45, 7) is 11.8. The van der Waals surface area contributed by atoms with Gasteiger partial charge in [0.05, 0.1) is 11.2 Å². The van der Waals surface area contributed by atoms with Gasteiger partial charge >= 0.3 is 5.97 Å². The molecule has 0 aliphatic rings. The summed E-state index contributed by atoms with van der Waals surface area (Å²) in [7, 11) is 0. The Bertz CT molecular complexity index is 413. The molecule has 0 radical (unpaired) electrons.